The first-order chi connectivity index (χ1) is 9.33. The van der Waals surface area contributed by atoms with Crippen molar-refractivity contribution in [3.8, 4) is 23.4 Å². The third-order valence-electron chi connectivity index (χ3n) is 2.32. The van der Waals surface area contributed by atoms with Gasteiger partial charge in [-0.15, -0.1) is 5.10 Å². The molecule has 2 rings (SSSR count). The van der Waals surface area contributed by atoms with Gasteiger partial charge in [0, 0.05) is 0 Å². The fraction of sp³-hybridized carbons (Fsp3) is 0.214. The van der Waals surface area contributed by atoms with E-state index in [0.717, 1.165) is 12.2 Å². The van der Waals surface area contributed by atoms with Gasteiger partial charge in [0.25, 0.3) is 5.88 Å². The minimum Gasteiger partial charge on any atom is -0.494 e. The normalized spacial score (nSPS) is 9.68. The zero-order valence-corrected chi connectivity index (χ0v) is 10.5. The number of ether oxygens (including phenoxy) is 2. The second-order valence-corrected chi connectivity index (χ2v) is 3.78. The summed E-state index contributed by atoms with van der Waals surface area (Å²) in [5.74, 6) is 1.57. The summed E-state index contributed by atoms with van der Waals surface area (Å²) < 4.78 is 11.0. The molecule has 1 heterocycles. The van der Waals surface area contributed by atoms with Gasteiger partial charge in [-0.3, -0.25) is 0 Å². The van der Waals surface area contributed by atoms with E-state index >= 15 is 0 Å². The second kappa shape index (κ2) is 6.36. The highest BCUT2D eigenvalue weighted by atomic mass is 16.5. The van der Waals surface area contributed by atoms with E-state index in [1.807, 2.05) is 18.2 Å². The van der Waals surface area contributed by atoms with Crippen molar-refractivity contribution in [1.29, 1.82) is 5.26 Å². The number of aromatic nitrogens is 2. The Bertz CT molecular complexity index is 576. The lowest BCUT2D eigenvalue weighted by molar-refractivity contribution is 0.317. The lowest BCUT2D eigenvalue weighted by atomic mass is 10.3. The molecule has 0 radical (unpaired) electrons. The third kappa shape index (κ3) is 3.42. The lowest BCUT2D eigenvalue weighted by Crippen LogP contribution is -1.95. The first-order valence-corrected chi connectivity index (χ1v) is 5.96. The van der Waals surface area contributed by atoms with Gasteiger partial charge in [-0.05, 0) is 36.8 Å². The van der Waals surface area contributed by atoms with Gasteiger partial charge in [-0.1, -0.05) is 6.92 Å². The van der Waals surface area contributed by atoms with Crippen molar-refractivity contribution in [2.75, 3.05) is 6.61 Å². The Morgan fingerprint density at radius 3 is 2.58 bits per heavy atom. The first kappa shape index (κ1) is 12.8. The molecular formula is C14H13N3O2. The van der Waals surface area contributed by atoms with Gasteiger partial charge in [-0.2, -0.15) is 10.4 Å². The molecule has 5 heteroatoms. The molecule has 0 saturated heterocycles. The average molecular weight is 255 g/mol. The average Bonchev–Trinajstić information content (AvgIpc) is 2.47. The minimum atomic E-state index is 0.201. The van der Waals surface area contributed by atoms with E-state index in [4.69, 9.17) is 14.7 Å². The van der Waals surface area contributed by atoms with Crippen LogP contribution in [0.25, 0.3) is 0 Å². The van der Waals surface area contributed by atoms with Crippen LogP contribution in [0.4, 0.5) is 0 Å². The molecule has 1 aromatic heterocycles. The monoisotopic (exact) mass is 255 g/mol. The molecule has 0 aliphatic heterocycles. The molecule has 1 aromatic carbocycles. The Kier molecular flexibility index (Phi) is 4.29. The predicted molar refractivity (Wildman–Crippen MR) is 69.0 cm³/mol. The van der Waals surface area contributed by atoms with Gasteiger partial charge >= 0.3 is 0 Å². The minimum absolute atomic E-state index is 0.201. The van der Waals surface area contributed by atoms with Crippen molar-refractivity contribution in [3.05, 3.63) is 42.1 Å². The Labute approximate surface area is 111 Å². The molecule has 96 valence electrons. The lowest BCUT2D eigenvalue weighted by Gasteiger charge is -2.07. The third-order valence-corrected chi connectivity index (χ3v) is 2.32. The molecule has 0 unspecified atom stereocenters. The van der Waals surface area contributed by atoms with Gasteiger partial charge in [0.2, 0.25) is 0 Å². The topological polar surface area (TPSA) is 68.0 Å². The van der Waals surface area contributed by atoms with Crippen LogP contribution in [0, 0.1) is 11.3 Å². The van der Waals surface area contributed by atoms with Crippen LogP contribution in [0.5, 0.6) is 17.4 Å². The fourth-order valence-electron chi connectivity index (χ4n) is 1.41. The summed E-state index contributed by atoms with van der Waals surface area (Å²) in [5, 5.41) is 16.4. The molecule has 0 saturated carbocycles. The highest BCUT2D eigenvalue weighted by Crippen LogP contribution is 2.24. The molecule has 0 amide bonds. The maximum absolute atomic E-state index is 8.92. The molecule has 2 aromatic rings. The molecule has 0 N–H and O–H groups in total. The molecule has 19 heavy (non-hydrogen) atoms. The molecular weight excluding hydrogens is 242 g/mol. The molecule has 5 nitrogen and oxygen atoms in total. The summed E-state index contributed by atoms with van der Waals surface area (Å²) in [6.45, 7) is 2.73. The highest BCUT2D eigenvalue weighted by molar-refractivity contribution is 5.40. The fourth-order valence-corrected chi connectivity index (χ4v) is 1.41. The predicted octanol–water partition coefficient (Wildman–Crippen LogP) is 2.93. The zero-order valence-electron chi connectivity index (χ0n) is 10.5. The van der Waals surface area contributed by atoms with Crippen LogP contribution in [0.15, 0.2) is 36.5 Å². The van der Waals surface area contributed by atoms with Crippen molar-refractivity contribution < 1.29 is 9.47 Å². The number of nitriles is 1. The van der Waals surface area contributed by atoms with Crippen LogP contribution in [-0.2, 0) is 0 Å². The van der Waals surface area contributed by atoms with E-state index in [-0.39, 0.29) is 5.88 Å². The maximum Gasteiger partial charge on any atom is 0.256 e. The number of hydrogen-bond acceptors (Lipinski definition) is 5. The van der Waals surface area contributed by atoms with Crippen LogP contribution in [0.1, 0.15) is 18.9 Å². The van der Waals surface area contributed by atoms with Crippen molar-refractivity contribution in [2.24, 2.45) is 0 Å². The number of benzene rings is 1. The Hall–Kier alpha value is -2.61. The molecule has 0 fully saturated rings. The molecule has 0 aliphatic rings. The van der Waals surface area contributed by atoms with Crippen LogP contribution in [0.2, 0.25) is 0 Å². The quantitative estimate of drug-likeness (QED) is 0.821. The van der Waals surface area contributed by atoms with Crippen molar-refractivity contribution in [2.45, 2.75) is 13.3 Å². The number of nitrogens with zero attached hydrogens (tertiary/aromatic N) is 3. The van der Waals surface area contributed by atoms with E-state index in [0.29, 0.717) is 17.9 Å². The summed E-state index contributed by atoms with van der Waals surface area (Å²) in [6, 6.07) is 10.7. The van der Waals surface area contributed by atoms with Gasteiger partial charge in [-0.25, -0.2) is 0 Å². The van der Waals surface area contributed by atoms with Crippen LogP contribution >= 0.6 is 0 Å². The van der Waals surface area contributed by atoms with E-state index in [9.17, 15) is 0 Å². The van der Waals surface area contributed by atoms with Gasteiger partial charge < -0.3 is 9.47 Å². The number of rotatable bonds is 5. The zero-order chi connectivity index (χ0) is 13.5. The largest absolute Gasteiger partial charge is 0.494 e. The summed E-state index contributed by atoms with van der Waals surface area (Å²) >= 11 is 0. The molecule has 0 atom stereocenters. The number of hydrogen-bond donors (Lipinski definition) is 0. The van der Waals surface area contributed by atoms with Gasteiger partial charge in [0.1, 0.15) is 23.1 Å². The van der Waals surface area contributed by atoms with E-state index in [1.54, 1.807) is 18.2 Å². The summed E-state index contributed by atoms with van der Waals surface area (Å²) in [5.41, 5.74) is 0.348. The van der Waals surface area contributed by atoms with Crippen LogP contribution in [0.3, 0.4) is 0 Å². The van der Waals surface area contributed by atoms with Crippen molar-refractivity contribution >= 4 is 0 Å². The molecule has 0 bridgehead atoms. The van der Waals surface area contributed by atoms with Crippen molar-refractivity contribution in [1.82, 2.24) is 10.2 Å². The second-order valence-electron chi connectivity index (χ2n) is 3.78. The van der Waals surface area contributed by atoms with E-state index < -0.39 is 0 Å². The van der Waals surface area contributed by atoms with E-state index in [2.05, 4.69) is 17.1 Å². The summed E-state index contributed by atoms with van der Waals surface area (Å²) in [4.78, 5) is 0. The molecule has 0 spiro atoms. The van der Waals surface area contributed by atoms with Crippen molar-refractivity contribution in [3.63, 3.8) is 0 Å². The Balaban J connectivity index is 2.09. The van der Waals surface area contributed by atoms with Gasteiger partial charge in [0.15, 0.2) is 0 Å². The van der Waals surface area contributed by atoms with Gasteiger partial charge in [0.05, 0.1) is 12.8 Å². The van der Waals surface area contributed by atoms with Crippen LogP contribution < -0.4 is 9.47 Å². The summed E-state index contributed by atoms with van der Waals surface area (Å²) in [6.07, 6.45) is 2.41. The van der Waals surface area contributed by atoms with Crippen LogP contribution in [-0.4, -0.2) is 16.8 Å². The highest BCUT2D eigenvalue weighted by Gasteiger charge is 2.06. The maximum atomic E-state index is 8.92. The Morgan fingerprint density at radius 1 is 1.16 bits per heavy atom. The Morgan fingerprint density at radius 2 is 1.89 bits per heavy atom. The van der Waals surface area contributed by atoms with E-state index in [1.165, 1.54) is 6.20 Å². The standard InChI is InChI=1S/C14H13N3O2/c1-2-9-18-12-3-5-13(6-4-12)19-14-11(10-15)7-8-16-17-14/h3-8H,2,9H2,1H3. The smallest absolute Gasteiger partial charge is 0.256 e. The molecule has 0 aliphatic carbocycles. The summed E-state index contributed by atoms with van der Waals surface area (Å²) in [7, 11) is 0. The first-order valence-electron chi connectivity index (χ1n) is 5.96. The SMILES string of the molecule is CCCOc1ccc(Oc2nnccc2C#N)cc1.